The Morgan fingerprint density at radius 3 is 2.13 bits per heavy atom. The van der Waals surface area contributed by atoms with E-state index in [-0.39, 0.29) is 13.2 Å². The minimum Gasteiger partial charge on any atom is -0.501 e. The Hall–Kier alpha value is -0.830. The third kappa shape index (κ3) is 7.14. The highest BCUT2D eigenvalue weighted by molar-refractivity contribution is 7.57. The third-order valence-corrected chi connectivity index (χ3v) is 2.76. The SMILES string of the molecule is C=CCOP(=O)(C=COCC)OCC=C. The van der Waals surface area contributed by atoms with Gasteiger partial charge in [0.1, 0.15) is 0 Å². The summed E-state index contributed by atoms with van der Waals surface area (Å²) in [7, 11) is -3.23. The molecule has 0 aromatic heterocycles. The zero-order valence-corrected chi connectivity index (χ0v) is 9.82. The van der Waals surface area contributed by atoms with Gasteiger partial charge in [-0.2, -0.15) is 0 Å². The zero-order chi connectivity index (χ0) is 11.6. The first-order valence-corrected chi connectivity index (χ1v) is 6.19. The first kappa shape index (κ1) is 14.2. The van der Waals surface area contributed by atoms with E-state index in [2.05, 4.69) is 13.2 Å². The van der Waals surface area contributed by atoms with Gasteiger partial charge in [0, 0.05) is 0 Å². The van der Waals surface area contributed by atoms with Crippen LogP contribution in [-0.4, -0.2) is 19.8 Å². The van der Waals surface area contributed by atoms with E-state index in [0.717, 1.165) is 0 Å². The fraction of sp³-hybridized carbons (Fsp3) is 0.400. The summed E-state index contributed by atoms with van der Waals surface area (Å²) in [6.07, 6.45) is 4.31. The molecule has 86 valence electrons. The molecule has 0 rings (SSSR count). The van der Waals surface area contributed by atoms with Crippen LogP contribution in [0.2, 0.25) is 0 Å². The van der Waals surface area contributed by atoms with E-state index in [1.807, 2.05) is 6.92 Å². The lowest BCUT2D eigenvalue weighted by molar-refractivity contribution is 0.241. The lowest BCUT2D eigenvalue weighted by Crippen LogP contribution is -1.94. The highest BCUT2D eigenvalue weighted by Gasteiger charge is 2.19. The fourth-order valence-corrected chi connectivity index (χ4v) is 1.76. The molecule has 0 bridgehead atoms. The largest absolute Gasteiger partial charge is 0.501 e. The molecule has 0 aromatic rings. The van der Waals surface area contributed by atoms with Crippen LogP contribution in [0.5, 0.6) is 0 Å². The molecule has 15 heavy (non-hydrogen) atoms. The highest BCUT2D eigenvalue weighted by Crippen LogP contribution is 2.49. The molecule has 0 aliphatic carbocycles. The molecule has 0 spiro atoms. The highest BCUT2D eigenvalue weighted by atomic mass is 31.2. The summed E-state index contributed by atoms with van der Waals surface area (Å²) in [5.74, 6) is 1.28. The maximum atomic E-state index is 11.9. The van der Waals surface area contributed by atoms with Crippen molar-refractivity contribution in [2.24, 2.45) is 0 Å². The van der Waals surface area contributed by atoms with Crippen molar-refractivity contribution in [2.45, 2.75) is 6.92 Å². The minimum atomic E-state index is -3.23. The lowest BCUT2D eigenvalue weighted by Gasteiger charge is -2.12. The van der Waals surface area contributed by atoms with Gasteiger partial charge in [0.25, 0.3) is 0 Å². The van der Waals surface area contributed by atoms with Crippen LogP contribution in [0.1, 0.15) is 6.92 Å². The monoisotopic (exact) mass is 232 g/mol. The van der Waals surface area contributed by atoms with Gasteiger partial charge in [0.05, 0.1) is 31.9 Å². The second kappa shape index (κ2) is 8.48. The molecule has 0 radical (unpaired) electrons. The van der Waals surface area contributed by atoms with Crippen molar-refractivity contribution in [3.8, 4) is 0 Å². The standard InChI is InChI=1S/C10H17O4P/c1-4-7-13-15(11,14-8-5-2)10-9-12-6-3/h4-5,9-10H,1-2,6-8H2,3H3. The quantitative estimate of drug-likeness (QED) is 0.348. The van der Waals surface area contributed by atoms with Gasteiger partial charge in [-0.3, -0.25) is 4.57 Å². The molecule has 0 aromatic carbocycles. The summed E-state index contributed by atoms with van der Waals surface area (Å²) in [4.78, 5) is 0. The van der Waals surface area contributed by atoms with Gasteiger partial charge in [-0.1, -0.05) is 12.2 Å². The van der Waals surface area contributed by atoms with Crippen LogP contribution in [0.15, 0.2) is 37.4 Å². The van der Waals surface area contributed by atoms with Crippen LogP contribution in [0.4, 0.5) is 0 Å². The molecule has 5 heteroatoms. The van der Waals surface area contributed by atoms with Gasteiger partial charge in [-0.05, 0) is 6.92 Å². The van der Waals surface area contributed by atoms with Crippen molar-refractivity contribution in [1.82, 2.24) is 0 Å². The van der Waals surface area contributed by atoms with Crippen molar-refractivity contribution in [3.05, 3.63) is 37.4 Å². The van der Waals surface area contributed by atoms with Gasteiger partial charge in [-0.25, -0.2) is 0 Å². The van der Waals surface area contributed by atoms with E-state index in [4.69, 9.17) is 13.8 Å². The summed E-state index contributed by atoms with van der Waals surface area (Å²) < 4.78 is 26.9. The van der Waals surface area contributed by atoms with Crippen molar-refractivity contribution in [3.63, 3.8) is 0 Å². The summed E-state index contributed by atoms with van der Waals surface area (Å²) in [5, 5.41) is 0. The number of rotatable bonds is 9. The van der Waals surface area contributed by atoms with E-state index in [9.17, 15) is 4.57 Å². The van der Waals surface area contributed by atoms with Crippen molar-refractivity contribution in [2.75, 3.05) is 19.8 Å². The Morgan fingerprint density at radius 2 is 1.73 bits per heavy atom. The van der Waals surface area contributed by atoms with Crippen LogP contribution in [-0.2, 0) is 18.3 Å². The predicted molar refractivity (Wildman–Crippen MR) is 60.7 cm³/mol. The van der Waals surface area contributed by atoms with Crippen molar-refractivity contribution in [1.29, 1.82) is 0 Å². The Bertz CT molecular complexity index is 244. The maximum Gasteiger partial charge on any atom is 0.357 e. The van der Waals surface area contributed by atoms with E-state index in [1.54, 1.807) is 0 Å². The molecule has 4 nitrogen and oxygen atoms in total. The van der Waals surface area contributed by atoms with Gasteiger partial charge >= 0.3 is 7.60 Å². The molecule has 0 atom stereocenters. The third-order valence-electron chi connectivity index (χ3n) is 1.25. The molecular weight excluding hydrogens is 215 g/mol. The Morgan fingerprint density at radius 1 is 1.20 bits per heavy atom. The van der Waals surface area contributed by atoms with Crippen molar-refractivity contribution >= 4 is 7.60 Å². The Balaban J connectivity index is 4.31. The van der Waals surface area contributed by atoms with Gasteiger partial charge in [-0.15, -0.1) is 13.2 Å². The average Bonchev–Trinajstić information content (AvgIpc) is 2.24. The van der Waals surface area contributed by atoms with E-state index in [0.29, 0.717) is 6.61 Å². The van der Waals surface area contributed by atoms with Crippen LogP contribution < -0.4 is 0 Å². The van der Waals surface area contributed by atoms with Crippen molar-refractivity contribution < 1.29 is 18.3 Å². The van der Waals surface area contributed by atoms with Gasteiger partial charge < -0.3 is 13.8 Å². The number of hydrogen-bond donors (Lipinski definition) is 0. The summed E-state index contributed by atoms with van der Waals surface area (Å²) >= 11 is 0. The molecule has 0 saturated heterocycles. The lowest BCUT2D eigenvalue weighted by atomic mass is 10.7. The second-order valence-electron chi connectivity index (χ2n) is 2.45. The Kier molecular flexibility index (Phi) is 8.01. The molecule has 0 N–H and O–H groups in total. The predicted octanol–water partition coefficient (Wildman–Crippen LogP) is 3.09. The van der Waals surface area contributed by atoms with Crippen LogP contribution in [0.3, 0.4) is 0 Å². The molecule has 0 amide bonds. The summed E-state index contributed by atoms with van der Waals surface area (Å²) in [6.45, 7) is 9.57. The summed E-state index contributed by atoms with van der Waals surface area (Å²) in [5.41, 5.74) is 0. The number of hydrogen-bond acceptors (Lipinski definition) is 4. The minimum absolute atomic E-state index is 0.158. The van der Waals surface area contributed by atoms with E-state index < -0.39 is 7.60 Å². The van der Waals surface area contributed by atoms with Crippen LogP contribution >= 0.6 is 7.60 Å². The van der Waals surface area contributed by atoms with Gasteiger partial charge in [0.2, 0.25) is 0 Å². The summed E-state index contributed by atoms with van der Waals surface area (Å²) in [6, 6.07) is 0. The Labute approximate surface area is 90.8 Å². The molecular formula is C10H17O4P. The van der Waals surface area contributed by atoms with Gasteiger partial charge in [0.15, 0.2) is 0 Å². The second-order valence-corrected chi connectivity index (χ2v) is 4.34. The first-order chi connectivity index (χ1) is 7.18. The topological polar surface area (TPSA) is 44.8 Å². The molecule has 0 aliphatic rings. The van der Waals surface area contributed by atoms with Crippen LogP contribution in [0.25, 0.3) is 0 Å². The molecule has 0 fully saturated rings. The molecule has 0 saturated carbocycles. The smallest absolute Gasteiger partial charge is 0.357 e. The van der Waals surface area contributed by atoms with Crippen LogP contribution in [0, 0.1) is 0 Å². The molecule has 0 heterocycles. The molecule has 0 aliphatic heterocycles. The van der Waals surface area contributed by atoms with E-state index >= 15 is 0 Å². The normalized spacial score (nSPS) is 11.5. The number of ether oxygens (including phenoxy) is 1. The maximum absolute atomic E-state index is 11.9. The fourth-order valence-electron chi connectivity index (χ4n) is 0.650. The zero-order valence-electron chi connectivity index (χ0n) is 8.93. The first-order valence-electron chi connectivity index (χ1n) is 4.58. The molecule has 0 unspecified atom stereocenters. The average molecular weight is 232 g/mol. The van der Waals surface area contributed by atoms with E-state index in [1.165, 1.54) is 24.2 Å².